The molecule has 0 atom stereocenters. The SMILES string of the molecule is N#Cc1ccc(-c2ccc3c4ccccc4n(-c4ccc(-c5ccc6c(c5)oc5ccccc56)cc4-c4nc(-c5ccccc5)nc(-c5ccccc5)n4)c3c2)cc1. The molecule has 3 aromatic heterocycles. The molecule has 6 heteroatoms. The van der Waals surface area contributed by atoms with Crippen LogP contribution in [-0.2, 0) is 0 Å². The minimum absolute atomic E-state index is 0.559. The van der Waals surface area contributed by atoms with Crippen molar-refractivity contribution < 1.29 is 4.42 Å². The van der Waals surface area contributed by atoms with E-state index in [0.717, 1.165) is 88.4 Å². The molecule has 58 heavy (non-hydrogen) atoms. The van der Waals surface area contributed by atoms with Crippen LogP contribution < -0.4 is 0 Å². The zero-order valence-electron chi connectivity index (χ0n) is 31.0. The van der Waals surface area contributed by atoms with Gasteiger partial charge >= 0.3 is 0 Å². The van der Waals surface area contributed by atoms with Crippen LogP contribution in [0.25, 0.3) is 106 Å². The summed E-state index contributed by atoms with van der Waals surface area (Å²) in [7, 11) is 0. The van der Waals surface area contributed by atoms with Crippen LogP contribution in [0.2, 0.25) is 0 Å². The number of hydrogen-bond acceptors (Lipinski definition) is 5. The monoisotopic (exact) mass is 741 g/mol. The Hall–Kier alpha value is -8.14. The van der Waals surface area contributed by atoms with Gasteiger partial charge in [0.25, 0.3) is 0 Å². The number of fused-ring (bicyclic) bond motifs is 6. The van der Waals surface area contributed by atoms with E-state index in [4.69, 9.17) is 19.4 Å². The van der Waals surface area contributed by atoms with E-state index in [1.807, 2.05) is 103 Å². The molecule has 0 aliphatic heterocycles. The molecule has 0 fully saturated rings. The molecule has 0 saturated carbocycles. The number of nitrogens with zero attached hydrogens (tertiary/aromatic N) is 5. The van der Waals surface area contributed by atoms with Crippen molar-refractivity contribution in [3.8, 4) is 68.2 Å². The largest absolute Gasteiger partial charge is 0.456 e. The molecule has 0 spiro atoms. The molecule has 8 aromatic carbocycles. The number of aromatic nitrogens is 4. The van der Waals surface area contributed by atoms with E-state index in [1.54, 1.807) is 0 Å². The average Bonchev–Trinajstić information content (AvgIpc) is 3.84. The third kappa shape index (κ3) is 5.61. The quantitative estimate of drug-likeness (QED) is 0.169. The lowest BCUT2D eigenvalue weighted by Gasteiger charge is -2.16. The van der Waals surface area contributed by atoms with Crippen molar-refractivity contribution in [1.82, 2.24) is 19.5 Å². The molecule has 0 bridgehead atoms. The first kappa shape index (κ1) is 33.2. The molecule has 0 aliphatic carbocycles. The molecule has 6 nitrogen and oxygen atoms in total. The summed E-state index contributed by atoms with van der Waals surface area (Å²) in [5.74, 6) is 1.74. The van der Waals surface area contributed by atoms with E-state index < -0.39 is 0 Å². The predicted molar refractivity (Wildman–Crippen MR) is 233 cm³/mol. The van der Waals surface area contributed by atoms with Crippen molar-refractivity contribution in [3.63, 3.8) is 0 Å². The second-order valence-electron chi connectivity index (χ2n) is 14.4. The summed E-state index contributed by atoms with van der Waals surface area (Å²) in [5, 5.41) is 13.9. The lowest BCUT2D eigenvalue weighted by molar-refractivity contribution is 0.669. The maximum absolute atomic E-state index is 9.46. The first-order valence-electron chi connectivity index (χ1n) is 19.2. The van der Waals surface area contributed by atoms with Crippen LogP contribution in [0.15, 0.2) is 192 Å². The highest BCUT2D eigenvalue weighted by atomic mass is 16.3. The maximum atomic E-state index is 9.46. The smallest absolute Gasteiger partial charge is 0.166 e. The van der Waals surface area contributed by atoms with Gasteiger partial charge in [-0.1, -0.05) is 133 Å². The number of hydrogen-bond donors (Lipinski definition) is 0. The van der Waals surface area contributed by atoms with Gasteiger partial charge in [0.15, 0.2) is 17.5 Å². The molecule has 0 unspecified atom stereocenters. The van der Waals surface area contributed by atoms with Crippen molar-refractivity contribution in [2.45, 2.75) is 0 Å². The van der Waals surface area contributed by atoms with Gasteiger partial charge < -0.3 is 8.98 Å². The molecule has 0 aliphatic rings. The van der Waals surface area contributed by atoms with Crippen molar-refractivity contribution >= 4 is 43.7 Å². The predicted octanol–water partition coefficient (Wildman–Crippen LogP) is 13.1. The highest BCUT2D eigenvalue weighted by Crippen LogP contribution is 2.40. The Kier molecular flexibility index (Phi) is 7.76. The normalized spacial score (nSPS) is 11.4. The molecule has 11 rings (SSSR count). The number of benzene rings is 8. The Labute approximate surface area is 333 Å². The standard InChI is InChI=1S/C52H31N5O/c53-32-33-19-21-34(22-20-33)38-23-26-41-40-15-7-9-17-45(40)57(47(41)30-38)46-28-25-37(39-24-27-43-42-16-8-10-18-48(42)58-49(43)31-39)29-44(46)52-55-50(35-11-3-1-4-12-35)54-51(56-52)36-13-5-2-6-14-36/h1-31H. The lowest BCUT2D eigenvalue weighted by Crippen LogP contribution is -2.04. The maximum Gasteiger partial charge on any atom is 0.166 e. The Morgan fingerprint density at radius 3 is 1.66 bits per heavy atom. The number of para-hydroxylation sites is 2. The van der Waals surface area contributed by atoms with Crippen LogP contribution in [0, 0.1) is 11.3 Å². The average molecular weight is 742 g/mol. The minimum Gasteiger partial charge on any atom is -0.456 e. The van der Waals surface area contributed by atoms with Crippen LogP contribution in [0.5, 0.6) is 0 Å². The Balaban J connectivity index is 1.19. The first-order chi connectivity index (χ1) is 28.7. The summed E-state index contributed by atoms with van der Waals surface area (Å²) in [6.45, 7) is 0. The third-order valence-corrected chi connectivity index (χ3v) is 10.9. The molecule has 3 heterocycles. The summed E-state index contributed by atoms with van der Waals surface area (Å²) >= 11 is 0. The van der Waals surface area contributed by atoms with Gasteiger partial charge in [-0.3, -0.25) is 0 Å². The van der Waals surface area contributed by atoms with E-state index in [1.165, 1.54) is 0 Å². The molecular weight excluding hydrogens is 711 g/mol. The molecule has 0 radical (unpaired) electrons. The summed E-state index contributed by atoms with van der Waals surface area (Å²) in [6.07, 6.45) is 0. The van der Waals surface area contributed by atoms with Crippen LogP contribution >= 0.6 is 0 Å². The van der Waals surface area contributed by atoms with Crippen molar-refractivity contribution in [3.05, 3.63) is 194 Å². The van der Waals surface area contributed by atoms with Crippen LogP contribution in [-0.4, -0.2) is 19.5 Å². The summed E-state index contributed by atoms with van der Waals surface area (Å²) in [5.41, 5.74) is 12.1. The molecule has 0 amide bonds. The second kappa shape index (κ2) is 13.6. The van der Waals surface area contributed by atoms with Gasteiger partial charge in [0.05, 0.1) is 28.4 Å². The van der Waals surface area contributed by atoms with E-state index >= 15 is 0 Å². The lowest BCUT2D eigenvalue weighted by atomic mass is 9.99. The van der Waals surface area contributed by atoms with Gasteiger partial charge in [0, 0.05) is 38.2 Å². The van der Waals surface area contributed by atoms with E-state index in [2.05, 4.69) is 95.6 Å². The van der Waals surface area contributed by atoms with Crippen LogP contribution in [0.3, 0.4) is 0 Å². The topological polar surface area (TPSA) is 80.5 Å². The molecule has 0 saturated heterocycles. The van der Waals surface area contributed by atoms with Gasteiger partial charge in [-0.15, -0.1) is 0 Å². The Morgan fingerprint density at radius 2 is 0.931 bits per heavy atom. The first-order valence-corrected chi connectivity index (χ1v) is 19.2. The Morgan fingerprint density at radius 1 is 0.397 bits per heavy atom. The van der Waals surface area contributed by atoms with Crippen molar-refractivity contribution in [2.24, 2.45) is 0 Å². The van der Waals surface area contributed by atoms with E-state index in [9.17, 15) is 5.26 Å². The highest BCUT2D eigenvalue weighted by molar-refractivity contribution is 6.11. The van der Waals surface area contributed by atoms with Gasteiger partial charge in [-0.2, -0.15) is 5.26 Å². The second-order valence-corrected chi connectivity index (χ2v) is 14.4. The summed E-state index contributed by atoms with van der Waals surface area (Å²) in [6, 6.07) is 66.4. The Bertz CT molecular complexity index is 3340. The van der Waals surface area contributed by atoms with Gasteiger partial charge in [0.1, 0.15) is 11.2 Å². The number of nitriles is 1. The zero-order valence-corrected chi connectivity index (χ0v) is 31.0. The van der Waals surface area contributed by atoms with Gasteiger partial charge in [-0.05, 0) is 76.9 Å². The highest BCUT2D eigenvalue weighted by Gasteiger charge is 2.21. The molecule has 11 aromatic rings. The van der Waals surface area contributed by atoms with Crippen LogP contribution in [0.4, 0.5) is 0 Å². The van der Waals surface area contributed by atoms with Gasteiger partial charge in [0.2, 0.25) is 0 Å². The molecular formula is C52H31N5O. The fourth-order valence-corrected chi connectivity index (χ4v) is 8.07. The zero-order chi connectivity index (χ0) is 38.6. The van der Waals surface area contributed by atoms with Crippen molar-refractivity contribution in [1.29, 1.82) is 5.26 Å². The number of furan rings is 1. The van der Waals surface area contributed by atoms with Crippen LogP contribution in [0.1, 0.15) is 5.56 Å². The molecule has 0 N–H and O–H groups in total. The summed E-state index contributed by atoms with van der Waals surface area (Å²) < 4.78 is 8.67. The van der Waals surface area contributed by atoms with Crippen molar-refractivity contribution in [2.75, 3.05) is 0 Å². The minimum atomic E-state index is 0.559. The number of rotatable bonds is 6. The molecule has 270 valence electrons. The fourth-order valence-electron chi connectivity index (χ4n) is 8.07. The fraction of sp³-hybridized carbons (Fsp3) is 0. The summed E-state index contributed by atoms with van der Waals surface area (Å²) in [4.78, 5) is 15.5. The van der Waals surface area contributed by atoms with E-state index in [0.29, 0.717) is 23.0 Å². The third-order valence-electron chi connectivity index (χ3n) is 10.9. The van der Waals surface area contributed by atoms with Gasteiger partial charge in [-0.25, -0.2) is 15.0 Å². The van der Waals surface area contributed by atoms with E-state index in [-0.39, 0.29) is 0 Å².